The monoisotopic (exact) mass is 699 g/mol. The summed E-state index contributed by atoms with van der Waals surface area (Å²) in [6.07, 6.45) is 3.77. The zero-order valence-electron chi connectivity index (χ0n) is 26.5. The minimum absolute atomic E-state index is 0.00528. The van der Waals surface area contributed by atoms with Crippen LogP contribution in [0.25, 0.3) is 0 Å². The van der Waals surface area contributed by atoms with Gasteiger partial charge in [0, 0.05) is 0 Å². The van der Waals surface area contributed by atoms with Gasteiger partial charge in [-0.05, 0) is 12.1 Å². The van der Waals surface area contributed by atoms with E-state index in [-0.39, 0.29) is 20.4 Å². The van der Waals surface area contributed by atoms with E-state index in [9.17, 15) is 0 Å². The summed E-state index contributed by atoms with van der Waals surface area (Å²) in [5, 5.41) is 1.17. The van der Waals surface area contributed by atoms with Crippen molar-refractivity contribution in [2.75, 3.05) is 21.4 Å². The Morgan fingerprint density at radius 3 is 2.34 bits per heavy atom. The molecule has 1 unspecified atom stereocenters. The van der Waals surface area contributed by atoms with Crippen molar-refractivity contribution in [2.45, 2.75) is 26.2 Å². The predicted molar refractivity (Wildman–Crippen MR) is 198 cm³/mol. The molecule has 2 aliphatic heterocycles. The first-order valence-electron chi connectivity index (χ1n) is 15.6. The van der Waals surface area contributed by atoms with Crippen LogP contribution in [-0.2, 0) is 5.41 Å². The summed E-state index contributed by atoms with van der Waals surface area (Å²) in [4.78, 5) is 16.6. The number of pyridine rings is 2. The predicted octanol–water partition coefficient (Wildman–Crippen LogP) is 7.75. The Kier molecular flexibility index (Phi) is 7.49. The summed E-state index contributed by atoms with van der Waals surface area (Å²) >= 11 is 0.111. The molecule has 0 radical (unpaired) electrons. The van der Waals surface area contributed by atoms with E-state index in [1.807, 2.05) is 24.5 Å². The van der Waals surface area contributed by atoms with Crippen molar-refractivity contribution in [2.24, 2.45) is 0 Å². The van der Waals surface area contributed by atoms with Crippen molar-refractivity contribution in [3.8, 4) is 11.5 Å². The molecule has 6 aromatic rings. The molecule has 0 amide bonds. The van der Waals surface area contributed by atoms with Gasteiger partial charge in [0.25, 0.3) is 0 Å². The Hall–Kier alpha value is -4.67. The fourth-order valence-corrected chi connectivity index (χ4v) is 8.70. The van der Waals surface area contributed by atoms with Gasteiger partial charge in [0.15, 0.2) is 0 Å². The van der Waals surface area contributed by atoms with Crippen LogP contribution in [0.3, 0.4) is 0 Å². The normalized spacial score (nSPS) is 13.7. The van der Waals surface area contributed by atoms with Crippen LogP contribution in [0.4, 0.5) is 40.1 Å². The van der Waals surface area contributed by atoms with E-state index in [1.54, 1.807) is 0 Å². The SMILES string of the molecule is CC(C)(C)c1ccnc(N2c3cc(Oc4cccc(N5CN(c6ccccc6)c6c(P)cccc65)c4)ccc3[Se]c3cccnc32)c1. The Balaban J connectivity index is 1.14. The third-order valence-electron chi connectivity index (χ3n) is 8.52. The summed E-state index contributed by atoms with van der Waals surface area (Å²) in [6, 6.07) is 40.2. The van der Waals surface area contributed by atoms with Gasteiger partial charge in [0.1, 0.15) is 0 Å². The van der Waals surface area contributed by atoms with Crippen LogP contribution in [0.2, 0.25) is 0 Å². The van der Waals surface area contributed by atoms with E-state index in [1.165, 1.54) is 31.2 Å². The summed E-state index contributed by atoms with van der Waals surface area (Å²) in [7, 11) is 2.91. The number of rotatable bonds is 5. The van der Waals surface area contributed by atoms with Gasteiger partial charge in [-0.1, -0.05) is 24.3 Å². The molecule has 47 heavy (non-hydrogen) atoms. The molecule has 0 bridgehead atoms. The maximum absolute atomic E-state index is 6.61. The fourth-order valence-electron chi connectivity index (χ4n) is 6.16. The van der Waals surface area contributed by atoms with E-state index in [0.717, 1.165) is 40.2 Å². The molecule has 1 atom stereocenters. The molecular weight excluding hydrogens is 664 g/mol. The Bertz CT molecular complexity index is 2120. The van der Waals surface area contributed by atoms with Crippen LogP contribution in [0.15, 0.2) is 128 Å². The number of para-hydroxylation sites is 2. The van der Waals surface area contributed by atoms with Crippen LogP contribution >= 0.6 is 9.24 Å². The second-order valence-electron chi connectivity index (χ2n) is 12.7. The molecule has 4 heterocycles. The number of aromatic nitrogens is 2. The first-order chi connectivity index (χ1) is 22.8. The Morgan fingerprint density at radius 1 is 0.681 bits per heavy atom. The fraction of sp³-hybridized carbons (Fsp3) is 0.128. The van der Waals surface area contributed by atoms with Crippen molar-refractivity contribution < 1.29 is 4.74 Å². The minimum atomic E-state index is -0.00528. The quantitative estimate of drug-likeness (QED) is 0.135. The van der Waals surface area contributed by atoms with Gasteiger partial charge >= 0.3 is 240 Å². The van der Waals surface area contributed by atoms with Crippen LogP contribution in [0.1, 0.15) is 26.3 Å². The summed E-state index contributed by atoms with van der Waals surface area (Å²) in [5.74, 6) is 3.34. The number of anilines is 7. The van der Waals surface area contributed by atoms with Gasteiger partial charge in [-0.15, -0.1) is 9.24 Å². The van der Waals surface area contributed by atoms with Crippen molar-refractivity contribution in [3.63, 3.8) is 0 Å². The van der Waals surface area contributed by atoms with E-state index < -0.39 is 0 Å². The number of hydrogen-bond acceptors (Lipinski definition) is 6. The summed E-state index contributed by atoms with van der Waals surface area (Å²) in [5.41, 5.74) is 6.88. The average molecular weight is 699 g/mol. The van der Waals surface area contributed by atoms with Crippen molar-refractivity contribution in [3.05, 3.63) is 133 Å². The molecule has 232 valence electrons. The zero-order valence-corrected chi connectivity index (χ0v) is 29.3. The zero-order chi connectivity index (χ0) is 32.1. The van der Waals surface area contributed by atoms with Gasteiger partial charge in [0.2, 0.25) is 0 Å². The number of nitrogens with zero attached hydrogens (tertiary/aromatic N) is 5. The summed E-state index contributed by atoms with van der Waals surface area (Å²) < 4.78 is 9.12. The molecular formula is C39H34N5OPSe. The van der Waals surface area contributed by atoms with Crippen LogP contribution in [-0.4, -0.2) is 31.6 Å². The first-order valence-corrected chi connectivity index (χ1v) is 17.9. The van der Waals surface area contributed by atoms with Crippen molar-refractivity contribution >= 4 is 78.5 Å². The molecule has 2 aromatic heterocycles. The molecule has 0 saturated carbocycles. The van der Waals surface area contributed by atoms with E-state index in [4.69, 9.17) is 14.7 Å². The van der Waals surface area contributed by atoms with Gasteiger partial charge in [-0.2, -0.15) is 0 Å². The first kappa shape index (κ1) is 29.7. The molecule has 8 rings (SSSR count). The average Bonchev–Trinajstić information content (AvgIpc) is 3.49. The molecule has 0 aliphatic carbocycles. The van der Waals surface area contributed by atoms with Gasteiger partial charge in [0.05, 0.1) is 0 Å². The maximum atomic E-state index is 6.61. The molecule has 0 fully saturated rings. The third kappa shape index (κ3) is 5.55. The van der Waals surface area contributed by atoms with Gasteiger partial charge in [-0.3, -0.25) is 0 Å². The van der Waals surface area contributed by atoms with E-state index >= 15 is 0 Å². The second kappa shape index (κ2) is 11.8. The number of ether oxygens (including phenoxy) is 1. The Labute approximate surface area is 284 Å². The molecule has 0 N–H and O–H groups in total. The number of hydrogen-bond donors (Lipinski definition) is 0. The second-order valence-corrected chi connectivity index (χ2v) is 15.6. The van der Waals surface area contributed by atoms with Crippen molar-refractivity contribution in [1.29, 1.82) is 0 Å². The topological polar surface area (TPSA) is 44.7 Å². The molecule has 0 saturated heterocycles. The molecule has 8 heteroatoms. The number of benzene rings is 4. The van der Waals surface area contributed by atoms with E-state index in [0.29, 0.717) is 6.67 Å². The number of fused-ring (bicyclic) bond motifs is 3. The van der Waals surface area contributed by atoms with E-state index in [2.05, 4.69) is 148 Å². The molecule has 6 nitrogen and oxygen atoms in total. The molecule has 2 aliphatic rings. The van der Waals surface area contributed by atoms with Gasteiger partial charge in [-0.25, -0.2) is 0 Å². The van der Waals surface area contributed by atoms with Crippen molar-refractivity contribution in [1.82, 2.24) is 9.97 Å². The third-order valence-corrected chi connectivity index (χ3v) is 11.3. The van der Waals surface area contributed by atoms with Crippen LogP contribution in [0.5, 0.6) is 11.5 Å². The molecule has 4 aromatic carbocycles. The van der Waals surface area contributed by atoms with Crippen LogP contribution < -0.4 is 33.7 Å². The summed E-state index contributed by atoms with van der Waals surface area (Å²) in [6.45, 7) is 7.39. The molecule has 0 spiro atoms. The van der Waals surface area contributed by atoms with Gasteiger partial charge < -0.3 is 0 Å². The Morgan fingerprint density at radius 2 is 1.49 bits per heavy atom. The standard InChI is InChI=1S/C39H34N5OPSe/c1-39(2,3)26-19-21-40-36(22-26)44-32-24-30(17-18-34(32)47-35-16-9-20-41-38(35)44)45-29-13-7-12-28(23-29)42-25-43(27-10-5-4-6-11-27)37-31(42)14-8-15-33(37)46/h4-24H,25,46H2,1-3H3. The van der Waals surface area contributed by atoms with Crippen LogP contribution in [0, 0.1) is 0 Å².